The fourth-order valence-electron chi connectivity index (χ4n) is 2.39. The first-order chi connectivity index (χ1) is 13.6. The van der Waals surface area contributed by atoms with E-state index >= 15 is 0 Å². The number of amides is 2. The van der Waals surface area contributed by atoms with Crippen LogP contribution in [0.25, 0.3) is 0 Å². The van der Waals surface area contributed by atoms with Crippen LogP contribution in [0.2, 0.25) is 0 Å². The molecule has 2 N–H and O–H groups in total. The molecular weight excluding hydrogens is 358 g/mol. The Balaban J connectivity index is 1.59. The molecule has 1 heterocycles. The minimum absolute atomic E-state index is 0.0779. The molecule has 0 aliphatic carbocycles. The first kappa shape index (κ1) is 19.1. The lowest BCUT2D eigenvalue weighted by Gasteiger charge is -2.16. The number of hydrogen-bond acceptors (Lipinski definition) is 5. The van der Waals surface area contributed by atoms with Gasteiger partial charge in [-0.2, -0.15) is 0 Å². The van der Waals surface area contributed by atoms with E-state index in [9.17, 15) is 9.59 Å². The molecule has 0 aliphatic heterocycles. The van der Waals surface area contributed by atoms with E-state index < -0.39 is 6.09 Å². The zero-order chi connectivity index (χ0) is 19.9. The van der Waals surface area contributed by atoms with Gasteiger partial charge in [0.2, 0.25) is 5.88 Å². The SMILES string of the molecule is CN(C(=O)Oc1ccc(NC(=O)c2ccc(CO)cc2)cn1)c1ccccc1. The highest BCUT2D eigenvalue weighted by Crippen LogP contribution is 2.16. The summed E-state index contributed by atoms with van der Waals surface area (Å²) < 4.78 is 5.24. The first-order valence-corrected chi connectivity index (χ1v) is 8.54. The molecule has 0 saturated carbocycles. The van der Waals surface area contributed by atoms with Crippen molar-refractivity contribution >= 4 is 23.4 Å². The van der Waals surface area contributed by atoms with E-state index in [2.05, 4.69) is 10.3 Å². The molecule has 7 nitrogen and oxygen atoms in total. The third-order valence-electron chi connectivity index (χ3n) is 4.00. The summed E-state index contributed by atoms with van der Waals surface area (Å²) in [4.78, 5) is 29.8. The van der Waals surface area contributed by atoms with Gasteiger partial charge in [-0.3, -0.25) is 9.69 Å². The summed E-state index contributed by atoms with van der Waals surface area (Å²) in [5.41, 5.74) is 2.35. The molecule has 0 bridgehead atoms. The molecule has 0 saturated heterocycles. The van der Waals surface area contributed by atoms with Crippen molar-refractivity contribution in [1.29, 1.82) is 0 Å². The van der Waals surface area contributed by atoms with Crippen LogP contribution >= 0.6 is 0 Å². The van der Waals surface area contributed by atoms with Gasteiger partial charge in [0.1, 0.15) is 0 Å². The quantitative estimate of drug-likeness (QED) is 0.710. The molecule has 0 fully saturated rings. The zero-order valence-corrected chi connectivity index (χ0v) is 15.2. The van der Waals surface area contributed by atoms with E-state index in [1.54, 1.807) is 49.5 Å². The standard InChI is InChI=1S/C21H19N3O4/c1-24(18-5-3-2-4-6-18)21(27)28-19-12-11-17(13-22-19)23-20(26)16-9-7-15(14-25)8-10-16/h2-13,25H,14H2,1H3,(H,23,26). The highest BCUT2D eigenvalue weighted by Gasteiger charge is 2.14. The van der Waals surface area contributed by atoms with E-state index in [1.807, 2.05) is 18.2 Å². The van der Waals surface area contributed by atoms with E-state index in [0.717, 1.165) is 5.56 Å². The van der Waals surface area contributed by atoms with Crippen molar-refractivity contribution in [3.05, 3.63) is 84.1 Å². The van der Waals surface area contributed by atoms with Crippen LogP contribution in [0.15, 0.2) is 72.9 Å². The maximum Gasteiger partial charge on any atom is 0.420 e. The minimum Gasteiger partial charge on any atom is -0.392 e. The van der Waals surface area contributed by atoms with Crippen molar-refractivity contribution in [2.45, 2.75) is 6.61 Å². The average Bonchev–Trinajstić information content (AvgIpc) is 2.75. The van der Waals surface area contributed by atoms with Crippen LogP contribution in [0.4, 0.5) is 16.2 Å². The summed E-state index contributed by atoms with van der Waals surface area (Å²) >= 11 is 0. The summed E-state index contributed by atoms with van der Waals surface area (Å²) in [6, 6.07) is 18.8. The van der Waals surface area contributed by atoms with E-state index in [1.165, 1.54) is 17.2 Å². The Hall–Kier alpha value is -3.71. The topological polar surface area (TPSA) is 91.8 Å². The Morgan fingerprint density at radius 2 is 1.75 bits per heavy atom. The number of para-hydroxylation sites is 1. The molecule has 142 valence electrons. The lowest BCUT2D eigenvalue weighted by molar-refractivity contribution is 0.102. The molecule has 0 unspecified atom stereocenters. The first-order valence-electron chi connectivity index (χ1n) is 8.54. The monoisotopic (exact) mass is 377 g/mol. The van der Waals surface area contributed by atoms with Gasteiger partial charge >= 0.3 is 6.09 Å². The fourth-order valence-corrected chi connectivity index (χ4v) is 2.39. The van der Waals surface area contributed by atoms with Crippen LogP contribution in [0.1, 0.15) is 15.9 Å². The maximum absolute atomic E-state index is 12.2. The summed E-state index contributed by atoms with van der Waals surface area (Å²) in [5, 5.41) is 11.8. The number of hydrogen-bond donors (Lipinski definition) is 2. The number of carbonyl (C=O) groups excluding carboxylic acids is 2. The van der Waals surface area contributed by atoms with Crippen LogP contribution < -0.4 is 15.0 Å². The van der Waals surface area contributed by atoms with Gasteiger partial charge in [-0.1, -0.05) is 30.3 Å². The predicted octanol–water partition coefficient (Wildman–Crippen LogP) is 3.46. The second-order valence-corrected chi connectivity index (χ2v) is 5.96. The molecule has 0 atom stereocenters. The van der Waals surface area contributed by atoms with Gasteiger partial charge in [0, 0.05) is 24.4 Å². The van der Waals surface area contributed by atoms with Crippen LogP contribution in [-0.4, -0.2) is 29.1 Å². The van der Waals surface area contributed by atoms with Gasteiger partial charge < -0.3 is 15.2 Å². The fraction of sp³-hybridized carbons (Fsp3) is 0.0952. The van der Waals surface area contributed by atoms with Crippen molar-refractivity contribution in [2.24, 2.45) is 0 Å². The molecule has 0 radical (unpaired) electrons. The summed E-state index contributed by atoms with van der Waals surface area (Å²) in [5.74, 6) is -0.182. The molecule has 1 aromatic heterocycles. The number of pyridine rings is 1. The highest BCUT2D eigenvalue weighted by atomic mass is 16.6. The lowest BCUT2D eigenvalue weighted by Crippen LogP contribution is -2.29. The third kappa shape index (κ3) is 4.72. The number of aliphatic hydroxyl groups is 1. The highest BCUT2D eigenvalue weighted by molar-refractivity contribution is 6.04. The van der Waals surface area contributed by atoms with E-state index in [0.29, 0.717) is 16.9 Å². The van der Waals surface area contributed by atoms with Crippen molar-refractivity contribution in [3.63, 3.8) is 0 Å². The Kier molecular flexibility index (Phi) is 5.98. The van der Waals surface area contributed by atoms with E-state index in [4.69, 9.17) is 9.84 Å². The van der Waals surface area contributed by atoms with Crippen LogP contribution in [0.5, 0.6) is 5.88 Å². The van der Waals surface area contributed by atoms with Crippen LogP contribution in [0.3, 0.4) is 0 Å². The molecular formula is C21H19N3O4. The smallest absolute Gasteiger partial charge is 0.392 e. The molecule has 7 heteroatoms. The Bertz CT molecular complexity index is 942. The number of carbonyl (C=O) groups is 2. The molecule has 3 rings (SSSR count). The van der Waals surface area contributed by atoms with Gasteiger partial charge in [0.25, 0.3) is 5.91 Å². The Labute approximate surface area is 162 Å². The number of aromatic nitrogens is 1. The molecule has 0 aliphatic rings. The lowest BCUT2D eigenvalue weighted by atomic mass is 10.1. The van der Waals surface area contributed by atoms with Crippen molar-refractivity contribution in [1.82, 2.24) is 4.98 Å². The zero-order valence-electron chi connectivity index (χ0n) is 15.2. The minimum atomic E-state index is -0.570. The van der Waals surface area contributed by atoms with Crippen molar-refractivity contribution in [2.75, 3.05) is 17.3 Å². The molecule has 0 spiro atoms. The number of benzene rings is 2. The number of nitrogens with zero attached hydrogens (tertiary/aromatic N) is 2. The molecule has 2 aromatic carbocycles. The predicted molar refractivity (Wildman–Crippen MR) is 105 cm³/mol. The number of aliphatic hydroxyl groups excluding tert-OH is 1. The summed E-state index contributed by atoms with van der Waals surface area (Å²) in [7, 11) is 1.61. The maximum atomic E-state index is 12.2. The number of anilines is 2. The van der Waals surface area contributed by atoms with Gasteiger partial charge in [-0.05, 0) is 35.9 Å². The second kappa shape index (κ2) is 8.79. The molecule has 2 amide bonds. The van der Waals surface area contributed by atoms with Crippen LogP contribution in [0, 0.1) is 0 Å². The Morgan fingerprint density at radius 1 is 1.04 bits per heavy atom. The van der Waals surface area contributed by atoms with Crippen molar-refractivity contribution in [3.8, 4) is 5.88 Å². The normalized spacial score (nSPS) is 10.2. The summed E-state index contributed by atoms with van der Waals surface area (Å²) in [6.07, 6.45) is 0.838. The van der Waals surface area contributed by atoms with E-state index in [-0.39, 0.29) is 18.4 Å². The van der Waals surface area contributed by atoms with Crippen LogP contribution in [-0.2, 0) is 6.61 Å². The number of nitrogens with one attached hydrogen (secondary N) is 1. The van der Waals surface area contributed by atoms with Crippen molar-refractivity contribution < 1.29 is 19.4 Å². The Morgan fingerprint density at radius 3 is 2.36 bits per heavy atom. The van der Waals surface area contributed by atoms with Gasteiger partial charge in [-0.15, -0.1) is 0 Å². The second-order valence-electron chi connectivity index (χ2n) is 5.96. The number of ether oxygens (including phenoxy) is 1. The molecule has 3 aromatic rings. The molecule has 28 heavy (non-hydrogen) atoms. The van der Waals surface area contributed by atoms with Gasteiger partial charge in [0.05, 0.1) is 18.5 Å². The van der Waals surface area contributed by atoms with Gasteiger partial charge in [-0.25, -0.2) is 9.78 Å². The third-order valence-corrected chi connectivity index (χ3v) is 4.00. The summed E-state index contributed by atoms with van der Waals surface area (Å²) in [6.45, 7) is -0.0779. The average molecular weight is 377 g/mol. The number of rotatable bonds is 5. The largest absolute Gasteiger partial charge is 0.420 e. The van der Waals surface area contributed by atoms with Gasteiger partial charge in [0.15, 0.2) is 0 Å².